The Bertz CT molecular complexity index is 543. The van der Waals surface area contributed by atoms with Gasteiger partial charge in [0.2, 0.25) is 0 Å². The maximum absolute atomic E-state index is 12.8. The largest absolute Gasteiger partial charge is 0.496 e. The monoisotopic (exact) mass is 336 g/mol. The number of methoxy groups -OCH3 is 2. The number of carbonyl (C=O) groups is 1. The predicted octanol–water partition coefficient (Wildman–Crippen LogP) is 1.54. The molecule has 0 saturated carbocycles. The maximum Gasteiger partial charge on any atom is 0.254 e. The molecule has 1 amide bonds. The SMILES string of the molecule is CCC(O)CN1CCN(C(=O)c2cc(OC)c(C)c(OC)c2)CC1. The number of aliphatic hydroxyl groups is 1. The fourth-order valence-corrected chi connectivity index (χ4v) is 2.95. The van der Waals surface area contributed by atoms with Gasteiger partial charge in [-0.25, -0.2) is 0 Å². The van der Waals surface area contributed by atoms with E-state index in [1.807, 2.05) is 18.7 Å². The van der Waals surface area contributed by atoms with E-state index in [9.17, 15) is 9.90 Å². The molecule has 1 atom stereocenters. The van der Waals surface area contributed by atoms with Crippen molar-refractivity contribution in [1.29, 1.82) is 0 Å². The molecule has 0 radical (unpaired) electrons. The molecule has 1 aromatic carbocycles. The number of ether oxygens (including phenoxy) is 2. The second-order valence-electron chi connectivity index (χ2n) is 6.16. The summed E-state index contributed by atoms with van der Waals surface area (Å²) in [5.74, 6) is 1.30. The molecule has 0 spiro atoms. The van der Waals surface area contributed by atoms with Crippen molar-refractivity contribution in [2.24, 2.45) is 0 Å². The van der Waals surface area contributed by atoms with Gasteiger partial charge in [0.15, 0.2) is 0 Å². The summed E-state index contributed by atoms with van der Waals surface area (Å²) in [5, 5.41) is 9.75. The highest BCUT2D eigenvalue weighted by atomic mass is 16.5. The summed E-state index contributed by atoms with van der Waals surface area (Å²) in [6.07, 6.45) is 0.458. The van der Waals surface area contributed by atoms with Gasteiger partial charge >= 0.3 is 0 Å². The second-order valence-corrected chi connectivity index (χ2v) is 6.16. The minimum absolute atomic E-state index is 0.0118. The van der Waals surface area contributed by atoms with Gasteiger partial charge in [-0.1, -0.05) is 6.92 Å². The van der Waals surface area contributed by atoms with Crippen LogP contribution in [0.2, 0.25) is 0 Å². The molecule has 1 heterocycles. The van der Waals surface area contributed by atoms with E-state index in [0.717, 1.165) is 25.1 Å². The average Bonchev–Trinajstić information content (AvgIpc) is 2.61. The quantitative estimate of drug-likeness (QED) is 0.854. The lowest BCUT2D eigenvalue weighted by Gasteiger charge is -2.35. The van der Waals surface area contributed by atoms with E-state index < -0.39 is 0 Å². The molecule has 6 nitrogen and oxygen atoms in total. The molecule has 1 fully saturated rings. The Morgan fingerprint density at radius 3 is 2.17 bits per heavy atom. The van der Waals surface area contributed by atoms with Gasteiger partial charge in [0.05, 0.1) is 20.3 Å². The lowest BCUT2D eigenvalue weighted by atomic mass is 10.1. The van der Waals surface area contributed by atoms with Crippen LogP contribution in [-0.2, 0) is 0 Å². The number of carbonyl (C=O) groups excluding carboxylic acids is 1. The van der Waals surface area contributed by atoms with Crippen LogP contribution in [0.3, 0.4) is 0 Å². The van der Waals surface area contributed by atoms with Crippen LogP contribution in [0.4, 0.5) is 0 Å². The number of aliphatic hydroxyl groups excluding tert-OH is 1. The molecule has 24 heavy (non-hydrogen) atoms. The number of hydrogen-bond donors (Lipinski definition) is 1. The average molecular weight is 336 g/mol. The van der Waals surface area contributed by atoms with Crippen LogP contribution in [0.25, 0.3) is 0 Å². The lowest BCUT2D eigenvalue weighted by molar-refractivity contribution is 0.0523. The smallest absolute Gasteiger partial charge is 0.254 e. The molecular formula is C18H28N2O4. The zero-order valence-corrected chi connectivity index (χ0v) is 15.0. The third kappa shape index (κ3) is 4.19. The third-order valence-corrected chi connectivity index (χ3v) is 4.60. The molecular weight excluding hydrogens is 308 g/mol. The number of β-amino-alcohol motifs (C(OH)–C–C–N with tert-alkyl or cyclic N) is 1. The molecule has 0 bridgehead atoms. The Labute approximate surface area is 144 Å². The van der Waals surface area contributed by atoms with Crippen LogP contribution in [0, 0.1) is 6.92 Å². The van der Waals surface area contributed by atoms with E-state index in [1.54, 1.807) is 26.4 Å². The van der Waals surface area contributed by atoms with Crippen molar-refractivity contribution in [2.45, 2.75) is 26.4 Å². The number of hydrogen-bond acceptors (Lipinski definition) is 5. The van der Waals surface area contributed by atoms with Crippen molar-refractivity contribution in [1.82, 2.24) is 9.80 Å². The van der Waals surface area contributed by atoms with E-state index in [1.165, 1.54) is 0 Å². The lowest BCUT2D eigenvalue weighted by Crippen LogP contribution is -2.50. The van der Waals surface area contributed by atoms with Crippen molar-refractivity contribution in [3.63, 3.8) is 0 Å². The van der Waals surface area contributed by atoms with Gasteiger partial charge in [-0.05, 0) is 25.5 Å². The summed E-state index contributed by atoms with van der Waals surface area (Å²) in [6, 6.07) is 3.54. The third-order valence-electron chi connectivity index (χ3n) is 4.60. The zero-order chi connectivity index (χ0) is 17.7. The molecule has 6 heteroatoms. The molecule has 1 aromatic rings. The summed E-state index contributed by atoms with van der Waals surface area (Å²) in [5.41, 5.74) is 1.46. The number of nitrogens with zero attached hydrogens (tertiary/aromatic N) is 2. The first-order chi connectivity index (χ1) is 11.5. The molecule has 2 rings (SSSR count). The van der Waals surface area contributed by atoms with Crippen LogP contribution in [0.1, 0.15) is 29.3 Å². The van der Waals surface area contributed by atoms with Gasteiger partial charge < -0.3 is 19.5 Å². The predicted molar refractivity (Wildman–Crippen MR) is 92.9 cm³/mol. The van der Waals surface area contributed by atoms with E-state index in [0.29, 0.717) is 36.7 Å². The second kappa shape index (κ2) is 8.35. The van der Waals surface area contributed by atoms with Crippen LogP contribution in [0.5, 0.6) is 11.5 Å². The highest BCUT2D eigenvalue weighted by molar-refractivity contribution is 5.95. The molecule has 0 aromatic heterocycles. The highest BCUT2D eigenvalue weighted by Gasteiger charge is 2.24. The molecule has 1 saturated heterocycles. The molecule has 1 unspecified atom stereocenters. The summed E-state index contributed by atoms with van der Waals surface area (Å²) < 4.78 is 10.7. The van der Waals surface area contributed by atoms with Crippen molar-refractivity contribution in [2.75, 3.05) is 46.9 Å². The molecule has 1 aliphatic rings. The van der Waals surface area contributed by atoms with Crippen molar-refractivity contribution >= 4 is 5.91 Å². The zero-order valence-electron chi connectivity index (χ0n) is 15.0. The molecule has 1 N–H and O–H groups in total. The van der Waals surface area contributed by atoms with Crippen molar-refractivity contribution < 1.29 is 19.4 Å². The van der Waals surface area contributed by atoms with E-state index in [2.05, 4.69) is 4.90 Å². The Morgan fingerprint density at radius 2 is 1.71 bits per heavy atom. The fourth-order valence-electron chi connectivity index (χ4n) is 2.95. The van der Waals surface area contributed by atoms with E-state index >= 15 is 0 Å². The summed E-state index contributed by atoms with van der Waals surface area (Å²) in [4.78, 5) is 16.8. The van der Waals surface area contributed by atoms with Crippen LogP contribution < -0.4 is 9.47 Å². The van der Waals surface area contributed by atoms with Gasteiger partial charge in [-0.15, -0.1) is 0 Å². The van der Waals surface area contributed by atoms with Gasteiger partial charge in [0, 0.05) is 43.9 Å². The normalized spacial score (nSPS) is 16.8. The fraction of sp³-hybridized carbons (Fsp3) is 0.611. The van der Waals surface area contributed by atoms with E-state index in [4.69, 9.17) is 9.47 Å². The Kier molecular flexibility index (Phi) is 6.45. The van der Waals surface area contributed by atoms with Gasteiger partial charge in [0.25, 0.3) is 5.91 Å². The molecule has 1 aliphatic heterocycles. The minimum atomic E-state index is -0.294. The molecule has 134 valence electrons. The summed E-state index contributed by atoms with van der Waals surface area (Å²) >= 11 is 0. The van der Waals surface area contributed by atoms with Crippen LogP contribution in [0.15, 0.2) is 12.1 Å². The van der Waals surface area contributed by atoms with Crippen LogP contribution >= 0.6 is 0 Å². The minimum Gasteiger partial charge on any atom is -0.496 e. The number of benzene rings is 1. The van der Waals surface area contributed by atoms with Crippen molar-refractivity contribution in [3.05, 3.63) is 23.3 Å². The standard InChI is InChI=1S/C18H28N2O4/c1-5-15(21)12-19-6-8-20(9-7-19)18(22)14-10-16(23-3)13(2)17(11-14)24-4/h10-11,15,21H,5-9,12H2,1-4H3. The summed E-state index contributed by atoms with van der Waals surface area (Å²) in [6.45, 7) is 7.43. The Hall–Kier alpha value is -1.79. The topological polar surface area (TPSA) is 62.2 Å². The first-order valence-corrected chi connectivity index (χ1v) is 8.42. The number of piperazine rings is 1. The number of rotatable bonds is 6. The van der Waals surface area contributed by atoms with E-state index in [-0.39, 0.29) is 12.0 Å². The Morgan fingerprint density at radius 1 is 1.17 bits per heavy atom. The van der Waals surface area contributed by atoms with Gasteiger partial charge in [0.1, 0.15) is 11.5 Å². The highest BCUT2D eigenvalue weighted by Crippen LogP contribution is 2.30. The Balaban J connectivity index is 2.05. The van der Waals surface area contributed by atoms with Gasteiger partial charge in [-0.3, -0.25) is 9.69 Å². The maximum atomic E-state index is 12.8. The first-order valence-electron chi connectivity index (χ1n) is 8.42. The molecule has 0 aliphatic carbocycles. The van der Waals surface area contributed by atoms with Crippen LogP contribution in [-0.4, -0.2) is 73.9 Å². The number of amides is 1. The summed E-state index contributed by atoms with van der Waals surface area (Å²) in [7, 11) is 3.18. The first kappa shape index (κ1) is 18.5. The van der Waals surface area contributed by atoms with Gasteiger partial charge in [-0.2, -0.15) is 0 Å². The van der Waals surface area contributed by atoms with Crippen molar-refractivity contribution in [3.8, 4) is 11.5 Å².